The monoisotopic (exact) mass is 282 g/mol. The third kappa shape index (κ3) is 7.09. The van der Waals surface area contributed by atoms with E-state index in [0.717, 1.165) is 0 Å². The smallest absolute Gasteiger partial charge is 0.254 e. The van der Waals surface area contributed by atoms with E-state index in [2.05, 4.69) is 6.58 Å². The molecule has 0 fully saturated rings. The summed E-state index contributed by atoms with van der Waals surface area (Å²) in [6.45, 7) is 3.27. The van der Waals surface area contributed by atoms with E-state index in [0.29, 0.717) is 0 Å². The normalized spacial score (nSPS) is 10.9. The van der Waals surface area contributed by atoms with Crippen molar-refractivity contribution in [3.63, 3.8) is 0 Å². The molecule has 0 saturated carbocycles. The van der Waals surface area contributed by atoms with Crippen LogP contribution in [0.25, 0.3) is 0 Å². The molecule has 0 bridgehead atoms. The summed E-state index contributed by atoms with van der Waals surface area (Å²) in [5, 5.41) is 1.99. The predicted octanol–water partition coefficient (Wildman–Crippen LogP) is -0.812. The number of amides is 2. The number of hydrogen-bond donors (Lipinski definition) is 2. The Morgan fingerprint density at radius 2 is 1.88 bits per heavy atom. The largest absolute Gasteiger partial charge is 0.326 e. The molecule has 6 nitrogen and oxygen atoms in total. The Kier molecular flexibility index (Phi) is 7.01. The van der Waals surface area contributed by atoms with Crippen molar-refractivity contribution in [3.05, 3.63) is 12.2 Å². The first-order chi connectivity index (χ1) is 7.82. The topological polar surface area (TPSA) is 106 Å². The zero-order valence-electron chi connectivity index (χ0n) is 9.24. The van der Waals surface area contributed by atoms with Gasteiger partial charge in [0, 0.05) is 24.4 Å². The van der Waals surface area contributed by atoms with E-state index in [4.69, 9.17) is 17.3 Å². The Balaban J connectivity index is 4.13. The van der Waals surface area contributed by atoms with Gasteiger partial charge in [0.25, 0.3) is 5.91 Å². The van der Waals surface area contributed by atoms with Gasteiger partial charge in [0.1, 0.15) is 0 Å². The van der Waals surface area contributed by atoms with Crippen molar-refractivity contribution >= 4 is 33.3 Å². The standard InChI is InChI=1S/C9H15ClN2O4S/c1-7(6-11)9(14)12-8(13)2-4-17(15,16)5-3-10/h1-6,11H2,(H,12,13,14). The maximum Gasteiger partial charge on any atom is 0.254 e. The van der Waals surface area contributed by atoms with Crippen LogP contribution in [0.3, 0.4) is 0 Å². The predicted molar refractivity (Wildman–Crippen MR) is 65.3 cm³/mol. The second kappa shape index (κ2) is 7.41. The van der Waals surface area contributed by atoms with Gasteiger partial charge >= 0.3 is 0 Å². The summed E-state index contributed by atoms with van der Waals surface area (Å²) in [6, 6.07) is 0. The molecule has 8 heteroatoms. The number of nitrogens with two attached hydrogens (primary N) is 1. The lowest BCUT2D eigenvalue weighted by Gasteiger charge is -2.05. The van der Waals surface area contributed by atoms with Crippen LogP contribution < -0.4 is 11.1 Å². The Hall–Kier alpha value is -0.920. The number of imide groups is 1. The van der Waals surface area contributed by atoms with E-state index in [1.54, 1.807) is 0 Å². The molecule has 0 aromatic heterocycles. The summed E-state index contributed by atoms with van der Waals surface area (Å²) in [4.78, 5) is 22.4. The average Bonchev–Trinajstić information content (AvgIpc) is 2.25. The van der Waals surface area contributed by atoms with Crippen molar-refractivity contribution in [3.8, 4) is 0 Å². The van der Waals surface area contributed by atoms with Crippen LogP contribution in [-0.2, 0) is 19.4 Å². The Morgan fingerprint density at radius 3 is 2.35 bits per heavy atom. The van der Waals surface area contributed by atoms with Crippen LogP contribution >= 0.6 is 11.6 Å². The zero-order valence-corrected chi connectivity index (χ0v) is 10.8. The maximum atomic E-state index is 11.2. The van der Waals surface area contributed by atoms with Gasteiger partial charge in [-0.2, -0.15) is 0 Å². The van der Waals surface area contributed by atoms with Gasteiger partial charge in [-0.1, -0.05) is 6.58 Å². The molecule has 0 radical (unpaired) electrons. The molecule has 17 heavy (non-hydrogen) atoms. The van der Waals surface area contributed by atoms with Gasteiger partial charge in [-0.05, 0) is 0 Å². The Labute approximate surface area is 105 Å². The molecule has 0 atom stereocenters. The number of rotatable bonds is 7. The van der Waals surface area contributed by atoms with Gasteiger partial charge in [0.15, 0.2) is 9.84 Å². The van der Waals surface area contributed by atoms with Crippen LogP contribution in [0.15, 0.2) is 12.2 Å². The summed E-state index contributed by atoms with van der Waals surface area (Å²) in [5.41, 5.74) is 5.21. The fourth-order valence-electron chi connectivity index (χ4n) is 0.838. The minimum absolute atomic E-state index is 0.0210. The Bertz CT molecular complexity index is 405. The zero-order chi connectivity index (χ0) is 13.5. The molecule has 2 amide bonds. The van der Waals surface area contributed by atoms with Crippen LogP contribution in [0.2, 0.25) is 0 Å². The van der Waals surface area contributed by atoms with Crippen molar-refractivity contribution in [2.45, 2.75) is 6.42 Å². The van der Waals surface area contributed by atoms with Crippen LogP contribution in [0.4, 0.5) is 0 Å². The molecule has 0 aliphatic rings. The molecule has 0 aromatic carbocycles. The highest BCUT2D eigenvalue weighted by molar-refractivity contribution is 7.91. The molecule has 0 spiro atoms. The van der Waals surface area contributed by atoms with E-state index >= 15 is 0 Å². The van der Waals surface area contributed by atoms with Crippen molar-refractivity contribution in [1.29, 1.82) is 0 Å². The summed E-state index contributed by atoms with van der Waals surface area (Å²) < 4.78 is 22.4. The van der Waals surface area contributed by atoms with E-state index in [1.165, 1.54) is 0 Å². The molecule has 0 aliphatic carbocycles. The van der Waals surface area contributed by atoms with E-state index in [-0.39, 0.29) is 35.9 Å². The maximum absolute atomic E-state index is 11.2. The van der Waals surface area contributed by atoms with Crippen LogP contribution in [0.1, 0.15) is 6.42 Å². The van der Waals surface area contributed by atoms with Gasteiger partial charge in [0.2, 0.25) is 5.91 Å². The Morgan fingerprint density at radius 1 is 1.29 bits per heavy atom. The SMILES string of the molecule is C=C(CN)C(=O)NC(=O)CCS(=O)(=O)CCCl. The highest BCUT2D eigenvalue weighted by Crippen LogP contribution is 1.96. The number of halogens is 1. The summed E-state index contributed by atoms with van der Waals surface area (Å²) in [7, 11) is -3.34. The van der Waals surface area contributed by atoms with Crippen molar-refractivity contribution in [2.75, 3.05) is 23.9 Å². The average molecular weight is 283 g/mol. The minimum Gasteiger partial charge on any atom is -0.326 e. The van der Waals surface area contributed by atoms with Crippen molar-refractivity contribution < 1.29 is 18.0 Å². The lowest BCUT2D eigenvalue weighted by atomic mass is 10.3. The first-order valence-electron chi connectivity index (χ1n) is 4.81. The third-order valence-electron chi connectivity index (χ3n) is 1.85. The molecular formula is C9H15ClN2O4S. The number of carbonyl (C=O) groups is 2. The van der Waals surface area contributed by atoms with E-state index < -0.39 is 21.7 Å². The quantitative estimate of drug-likeness (QED) is 0.469. The molecule has 0 aromatic rings. The number of hydrogen-bond acceptors (Lipinski definition) is 5. The van der Waals surface area contributed by atoms with Gasteiger partial charge < -0.3 is 5.73 Å². The number of sulfone groups is 1. The second-order valence-corrected chi connectivity index (χ2v) is 5.96. The molecule has 0 aliphatic heterocycles. The highest BCUT2D eigenvalue weighted by atomic mass is 35.5. The molecule has 0 rings (SSSR count). The van der Waals surface area contributed by atoms with Crippen LogP contribution in [0, 0.1) is 0 Å². The summed E-state index contributed by atoms with van der Waals surface area (Å²) in [6.07, 6.45) is -0.289. The number of alkyl halides is 1. The number of carbonyl (C=O) groups excluding carboxylic acids is 2. The first-order valence-corrected chi connectivity index (χ1v) is 7.16. The lowest BCUT2D eigenvalue weighted by Crippen LogP contribution is -2.34. The lowest BCUT2D eigenvalue weighted by molar-refractivity contribution is -0.128. The van der Waals surface area contributed by atoms with Crippen molar-refractivity contribution in [1.82, 2.24) is 5.32 Å². The fourth-order valence-corrected chi connectivity index (χ4v) is 2.48. The van der Waals surface area contributed by atoms with Gasteiger partial charge in [-0.15, -0.1) is 11.6 Å². The molecular weight excluding hydrogens is 268 g/mol. The first kappa shape index (κ1) is 16.1. The van der Waals surface area contributed by atoms with Crippen LogP contribution in [-0.4, -0.2) is 44.2 Å². The minimum atomic E-state index is -3.34. The summed E-state index contributed by atoms with van der Waals surface area (Å²) >= 11 is 5.29. The van der Waals surface area contributed by atoms with Gasteiger partial charge in [-0.3, -0.25) is 14.9 Å². The molecule has 0 heterocycles. The molecule has 0 unspecified atom stereocenters. The van der Waals surface area contributed by atoms with Crippen molar-refractivity contribution in [2.24, 2.45) is 5.73 Å². The molecule has 3 N–H and O–H groups in total. The van der Waals surface area contributed by atoms with E-state index in [1.807, 2.05) is 5.32 Å². The molecule has 98 valence electrons. The second-order valence-electron chi connectivity index (χ2n) is 3.28. The fraction of sp³-hybridized carbons (Fsp3) is 0.556. The molecule has 0 saturated heterocycles. The summed E-state index contributed by atoms with van der Waals surface area (Å²) in [5.74, 6) is -1.92. The highest BCUT2D eigenvalue weighted by Gasteiger charge is 2.15. The third-order valence-corrected chi connectivity index (χ3v) is 3.91. The van der Waals surface area contributed by atoms with Gasteiger partial charge in [-0.25, -0.2) is 8.42 Å². The number of nitrogens with one attached hydrogen (secondary N) is 1. The van der Waals surface area contributed by atoms with Crippen LogP contribution in [0.5, 0.6) is 0 Å². The van der Waals surface area contributed by atoms with E-state index in [9.17, 15) is 18.0 Å². The van der Waals surface area contributed by atoms with Gasteiger partial charge in [0.05, 0.1) is 11.5 Å².